The molecule has 29 heavy (non-hydrogen) atoms. The van der Waals surface area contributed by atoms with Crippen molar-refractivity contribution < 1.29 is 14.3 Å². The van der Waals surface area contributed by atoms with Crippen molar-refractivity contribution in [2.45, 2.75) is 19.4 Å². The lowest BCUT2D eigenvalue weighted by Crippen LogP contribution is -2.43. The number of para-hydroxylation sites is 1. The van der Waals surface area contributed by atoms with Crippen molar-refractivity contribution in [2.24, 2.45) is 0 Å². The Morgan fingerprint density at radius 2 is 1.52 bits per heavy atom. The lowest BCUT2D eigenvalue weighted by Gasteiger charge is -2.18. The number of amides is 1. The first-order valence-electron chi connectivity index (χ1n) is 9.55. The molecule has 0 aliphatic heterocycles. The minimum atomic E-state index is -0.801. The van der Waals surface area contributed by atoms with Crippen LogP contribution in [0.3, 0.4) is 0 Å². The fourth-order valence-electron chi connectivity index (χ4n) is 3.08. The highest BCUT2D eigenvalue weighted by Crippen LogP contribution is 2.20. The second-order valence-electron chi connectivity index (χ2n) is 6.63. The maximum Gasteiger partial charge on any atom is 0.328 e. The summed E-state index contributed by atoms with van der Waals surface area (Å²) in [5.74, 6) is -0.871. The molecule has 0 spiro atoms. The Morgan fingerprint density at radius 1 is 0.897 bits per heavy atom. The number of nitrogen functional groups attached to an aromatic ring is 1. The molecule has 0 aliphatic rings. The predicted octanol–water partition coefficient (Wildman–Crippen LogP) is 3.84. The van der Waals surface area contributed by atoms with E-state index in [1.165, 1.54) is 0 Å². The highest BCUT2D eigenvalue weighted by molar-refractivity contribution is 6.01. The van der Waals surface area contributed by atoms with Crippen LogP contribution in [-0.4, -0.2) is 24.5 Å². The molecule has 0 fully saturated rings. The van der Waals surface area contributed by atoms with Gasteiger partial charge in [-0.25, -0.2) is 4.79 Å². The maximum absolute atomic E-state index is 12.6. The molecule has 3 rings (SSSR count). The number of ether oxygens (including phenoxy) is 1. The number of benzene rings is 3. The molecule has 0 saturated carbocycles. The molecule has 0 aromatic heterocycles. The van der Waals surface area contributed by atoms with Crippen molar-refractivity contribution in [3.8, 4) is 11.1 Å². The summed E-state index contributed by atoms with van der Waals surface area (Å²) in [6.07, 6.45) is 0.326. The molecule has 0 aliphatic carbocycles. The third-order valence-corrected chi connectivity index (χ3v) is 4.58. The van der Waals surface area contributed by atoms with Gasteiger partial charge in [0.15, 0.2) is 0 Å². The van der Waals surface area contributed by atoms with Crippen LogP contribution in [0.2, 0.25) is 0 Å². The molecule has 3 aromatic carbocycles. The van der Waals surface area contributed by atoms with Gasteiger partial charge in [0.25, 0.3) is 5.91 Å². The topological polar surface area (TPSA) is 81.4 Å². The minimum Gasteiger partial charge on any atom is -0.464 e. The summed E-state index contributed by atoms with van der Waals surface area (Å²) in [5.41, 5.74) is 9.70. The van der Waals surface area contributed by atoms with E-state index < -0.39 is 17.9 Å². The number of hydrogen-bond donors (Lipinski definition) is 2. The van der Waals surface area contributed by atoms with Crippen molar-refractivity contribution in [2.75, 3.05) is 12.3 Å². The zero-order valence-corrected chi connectivity index (χ0v) is 16.3. The fourth-order valence-corrected chi connectivity index (χ4v) is 3.08. The van der Waals surface area contributed by atoms with Crippen LogP contribution in [0.5, 0.6) is 0 Å². The summed E-state index contributed by atoms with van der Waals surface area (Å²) in [6.45, 7) is 1.98. The van der Waals surface area contributed by atoms with Crippen LogP contribution >= 0.6 is 0 Å². The Labute approximate surface area is 170 Å². The van der Waals surface area contributed by atoms with Crippen LogP contribution in [0.1, 0.15) is 22.8 Å². The standard InChI is InChI=1S/C24H24N2O3/c1-2-29-24(28)22(26-23(27)20-10-6-7-11-21(20)25)16-17-12-14-19(15-13-17)18-8-4-3-5-9-18/h3-15,22H,2,16,25H2,1H3,(H,26,27). The fraction of sp³-hybridized carbons (Fsp3) is 0.167. The Morgan fingerprint density at radius 3 is 2.17 bits per heavy atom. The lowest BCUT2D eigenvalue weighted by molar-refractivity contribution is -0.145. The SMILES string of the molecule is CCOC(=O)C(Cc1ccc(-c2ccccc2)cc1)NC(=O)c1ccccc1N. The number of esters is 1. The molecule has 148 valence electrons. The Balaban J connectivity index is 1.76. The third kappa shape index (κ3) is 5.23. The number of rotatable bonds is 7. The van der Waals surface area contributed by atoms with Crippen LogP contribution in [0.25, 0.3) is 11.1 Å². The summed E-state index contributed by atoms with van der Waals surface area (Å²) in [7, 11) is 0. The number of nitrogens with two attached hydrogens (primary N) is 1. The van der Waals surface area contributed by atoms with E-state index >= 15 is 0 Å². The molecule has 3 aromatic rings. The van der Waals surface area contributed by atoms with E-state index in [1.54, 1.807) is 31.2 Å². The van der Waals surface area contributed by atoms with Crippen molar-refractivity contribution in [1.82, 2.24) is 5.32 Å². The molecule has 1 amide bonds. The average Bonchev–Trinajstić information content (AvgIpc) is 2.75. The van der Waals surface area contributed by atoms with Crippen LogP contribution in [-0.2, 0) is 16.0 Å². The first-order valence-corrected chi connectivity index (χ1v) is 9.55. The zero-order valence-electron chi connectivity index (χ0n) is 16.3. The summed E-state index contributed by atoms with van der Waals surface area (Å²) in [6, 6.07) is 23.9. The van der Waals surface area contributed by atoms with Gasteiger partial charge in [-0.15, -0.1) is 0 Å². The first-order chi connectivity index (χ1) is 14.1. The Hall–Kier alpha value is -3.60. The minimum absolute atomic E-state index is 0.242. The van der Waals surface area contributed by atoms with E-state index in [1.807, 2.05) is 54.6 Å². The van der Waals surface area contributed by atoms with E-state index in [0.717, 1.165) is 16.7 Å². The van der Waals surface area contributed by atoms with E-state index in [-0.39, 0.29) is 6.61 Å². The normalized spacial score (nSPS) is 11.5. The third-order valence-electron chi connectivity index (χ3n) is 4.58. The molecule has 1 atom stereocenters. The van der Waals surface area contributed by atoms with Gasteiger partial charge in [0.1, 0.15) is 6.04 Å². The van der Waals surface area contributed by atoms with Gasteiger partial charge in [-0.05, 0) is 35.7 Å². The number of carbonyl (C=O) groups excluding carboxylic acids is 2. The van der Waals surface area contributed by atoms with Crippen LogP contribution in [0.15, 0.2) is 78.9 Å². The van der Waals surface area contributed by atoms with Gasteiger partial charge in [-0.1, -0.05) is 66.7 Å². The number of nitrogens with one attached hydrogen (secondary N) is 1. The number of carbonyl (C=O) groups is 2. The van der Waals surface area contributed by atoms with Gasteiger partial charge in [0, 0.05) is 12.1 Å². The van der Waals surface area contributed by atoms with E-state index in [0.29, 0.717) is 17.7 Å². The molecule has 0 saturated heterocycles. The maximum atomic E-state index is 12.6. The summed E-state index contributed by atoms with van der Waals surface area (Å²) < 4.78 is 5.15. The highest BCUT2D eigenvalue weighted by atomic mass is 16.5. The lowest BCUT2D eigenvalue weighted by atomic mass is 10.0. The Bertz CT molecular complexity index is 969. The molecular formula is C24H24N2O3. The smallest absolute Gasteiger partial charge is 0.328 e. The van der Waals surface area contributed by atoms with Crippen molar-refractivity contribution in [1.29, 1.82) is 0 Å². The largest absolute Gasteiger partial charge is 0.464 e. The average molecular weight is 388 g/mol. The predicted molar refractivity (Wildman–Crippen MR) is 114 cm³/mol. The summed E-state index contributed by atoms with van der Waals surface area (Å²) in [5, 5.41) is 2.76. The van der Waals surface area contributed by atoms with Gasteiger partial charge in [0.05, 0.1) is 12.2 Å². The molecule has 0 bridgehead atoms. The van der Waals surface area contributed by atoms with Gasteiger partial charge in [0.2, 0.25) is 0 Å². The van der Waals surface area contributed by atoms with Crippen molar-refractivity contribution in [3.63, 3.8) is 0 Å². The van der Waals surface area contributed by atoms with Gasteiger partial charge < -0.3 is 15.8 Å². The zero-order chi connectivity index (χ0) is 20.6. The van der Waals surface area contributed by atoms with Gasteiger partial charge >= 0.3 is 5.97 Å². The molecule has 1 unspecified atom stereocenters. The van der Waals surface area contributed by atoms with Crippen molar-refractivity contribution in [3.05, 3.63) is 90.0 Å². The number of anilines is 1. The molecule has 0 heterocycles. The van der Waals surface area contributed by atoms with Crippen LogP contribution in [0.4, 0.5) is 5.69 Å². The monoisotopic (exact) mass is 388 g/mol. The summed E-state index contributed by atoms with van der Waals surface area (Å²) in [4.78, 5) is 25.0. The molecular weight excluding hydrogens is 364 g/mol. The second-order valence-corrected chi connectivity index (χ2v) is 6.63. The van der Waals surface area contributed by atoms with Gasteiger partial charge in [-0.2, -0.15) is 0 Å². The van der Waals surface area contributed by atoms with Crippen molar-refractivity contribution >= 4 is 17.6 Å². The molecule has 3 N–H and O–H groups in total. The van der Waals surface area contributed by atoms with Crippen LogP contribution < -0.4 is 11.1 Å². The first kappa shape index (κ1) is 20.1. The van der Waals surface area contributed by atoms with Gasteiger partial charge in [-0.3, -0.25) is 4.79 Å². The Kier molecular flexibility index (Phi) is 6.63. The quantitative estimate of drug-likeness (QED) is 0.476. The molecule has 5 nitrogen and oxygen atoms in total. The highest BCUT2D eigenvalue weighted by Gasteiger charge is 2.24. The van der Waals surface area contributed by atoms with E-state index in [9.17, 15) is 9.59 Å². The summed E-state index contributed by atoms with van der Waals surface area (Å²) >= 11 is 0. The van der Waals surface area contributed by atoms with E-state index in [4.69, 9.17) is 10.5 Å². The van der Waals surface area contributed by atoms with E-state index in [2.05, 4.69) is 5.32 Å². The van der Waals surface area contributed by atoms with Crippen LogP contribution in [0, 0.1) is 0 Å². The number of hydrogen-bond acceptors (Lipinski definition) is 4. The molecule has 0 radical (unpaired) electrons. The molecule has 5 heteroatoms. The second kappa shape index (κ2) is 9.55.